The molecule has 0 saturated carbocycles. The number of hydrogen-bond acceptors (Lipinski definition) is 3. The lowest BCUT2D eigenvalue weighted by Crippen LogP contribution is -2.44. The molecule has 2 aliphatic heterocycles. The van der Waals surface area contributed by atoms with Crippen LogP contribution < -0.4 is 4.81 Å². The number of pyridine rings is 1. The van der Waals surface area contributed by atoms with Gasteiger partial charge >= 0.3 is 6.98 Å². The minimum Gasteiger partial charge on any atom is -0.364 e. The number of rotatable bonds is 3. The molecular weight excluding hydrogens is 425 g/mol. The van der Waals surface area contributed by atoms with Gasteiger partial charge in [0.15, 0.2) is 0 Å². The fourth-order valence-corrected chi connectivity index (χ4v) is 4.81. The summed E-state index contributed by atoms with van der Waals surface area (Å²) in [4.78, 5) is 9.19. The molecule has 0 radical (unpaired) electrons. The van der Waals surface area contributed by atoms with E-state index in [4.69, 9.17) is 4.98 Å². The van der Waals surface area contributed by atoms with Crippen LogP contribution in [-0.2, 0) is 0 Å². The van der Waals surface area contributed by atoms with Crippen molar-refractivity contribution in [2.45, 2.75) is 39.5 Å². The third kappa shape index (κ3) is 6.33. The van der Waals surface area contributed by atoms with E-state index in [1.165, 1.54) is 5.57 Å². The Morgan fingerprint density at radius 3 is 2.34 bits per heavy atom. The third-order valence-corrected chi connectivity index (χ3v) is 6.43. The normalized spacial score (nSPS) is 26.3. The van der Waals surface area contributed by atoms with Gasteiger partial charge in [-0.3, -0.25) is 0 Å². The first-order valence-electron chi connectivity index (χ1n) is 12.4. The molecule has 2 atom stereocenters. The first kappa shape index (κ1) is 26.1. The van der Waals surface area contributed by atoms with E-state index in [9.17, 15) is 0 Å². The second-order valence-corrected chi connectivity index (χ2v) is 9.54. The summed E-state index contributed by atoms with van der Waals surface area (Å²) in [7, 11) is 0. The van der Waals surface area contributed by atoms with E-state index in [1.54, 1.807) is 0 Å². The van der Waals surface area contributed by atoms with Crippen LogP contribution in [0.15, 0.2) is 134 Å². The van der Waals surface area contributed by atoms with Gasteiger partial charge in [0, 0.05) is 11.9 Å². The number of allylic oxidation sites excluding steroid dienone is 11. The second kappa shape index (κ2) is 12.3. The van der Waals surface area contributed by atoms with Gasteiger partial charge < -0.3 is 9.62 Å². The van der Waals surface area contributed by atoms with E-state index in [0.29, 0.717) is 11.8 Å². The Balaban J connectivity index is 2.17. The Labute approximate surface area is 212 Å². The molecule has 3 nitrogen and oxygen atoms in total. The highest BCUT2D eigenvalue weighted by atomic mass is 15.3. The van der Waals surface area contributed by atoms with Crippen LogP contribution in [-0.4, -0.2) is 16.8 Å². The maximum atomic E-state index is 4.69. The minimum atomic E-state index is -0.211. The van der Waals surface area contributed by atoms with Crippen LogP contribution in [0.4, 0.5) is 5.82 Å². The highest BCUT2D eigenvalue weighted by Gasteiger charge is 2.46. The van der Waals surface area contributed by atoms with Gasteiger partial charge in [-0.1, -0.05) is 88.3 Å². The van der Waals surface area contributed by atoms with E-state index in [2.05, 4.69) is 80.7 Å². The predicted molar refractivity (Wildman–Crippen MR) is 153 cm³/mol. The molecular formula is C31H38BN3. The summed E-state index contributed by atoms with van der Waals surface area (Å²) in [6.45, 7) is 25.7. The topological polar surface area (TPSA) is 19.4 Å². The molecule has 2 unspecified atom stereocenters. The molecule has 2 aliphatic rings. The molecule has 0 aromatic carbocycles. The Morgan fingerprint density at radius 2 is 1.69 bits per heavy atom. The number of anilines is 1. The van der Waals surface area contributed by atoms with Crippen molar-refractivity contribution in [1.82, 2.24) is 9.79 Å². The van der Waals surface area contributed by atoms with Gasteiger partial charge in [0.1, 0.15) is 5.82 Å². The van der Waals surface area contributed by atoms with Crippen LogP contribution in [0.1, 0.15) is 39.5 Å². The van der Waals surface area contributed by atoms with Crippen molar-refractivity contribution < 1.29 is 0 Å². The van der Waals surface area contributed by atoms with Gasteiger partial charge in [-0.15, -0.1) is 6.58 Å². The molecule has 0 amide bonds. The van der Waals surface area contributed by atoms with Crippen LogP contribution in [0.2, 0.25) is 0 Å². The summed E-state index contributed by atoms with van der Waals surface area (Å²) >= 11 is 0. The number of hydrogen-bond donors (Lipinski definition) is 0. The lowest BCUT2D eigenvalue weighted by molar-refractivity contribution is 0.502. The largest absolute Gasteiger partial charge is 0.421 e. The summed E-state index contributed by atoms with van der Waals surface area (Å²) in [6.07, 6.45) is 22.1. The Morgan fingerprint density at radius 1 is 0.971 bits per heavy atom. The van der Waals surface area contributed by atoms with Crippen molar-refractivity contribution in [2.24, 2.45) is 11.8 Å². The van der Waals surface area contributed by atoms with Gasteiger partial charge in [0.05, 0.1) is 11.4 Å². The zero-order valence-electron chi connectivity index (χ0n) is 21.4. The van der Waals surface area contributed by atoms with Crippen LogP contribution in [0, 0.1) is 11.8 Å². The molecule has 3 heterocycles. The van der Waals surface area contributed by atoms with Crippen LogP contribution in [0.3, 0.4) is 0 Å². The second-order valence-electron chi connectivity index (χ2n) is 9.54. The van der Waals surface area contributed by atoms with E-state index in [1.807, 2.05) is 48.7 Å². The van der Waals surface area contributed by atoms with E-state index in [0.717, 1.165) is 54.1 Å². The first-order valence-corrected chi connectivity index (χ1v) is 12.4. The predicted octanol–water partition coefficient (Wildman–Crippen LogP) is 7.96. The lowest BCUT2D eigenvalue weighted by atomic mass is 9.64. The van der Waals surface area contributed by atoms with Crippen molar-refractivity contribution in [2.75, 3.05) is 4.81 Å². The van der Waals surface area contributed by atoms with Crippen LogP contribution in [0.25, 0.3) is 0 Å². The Kier molecular flexibility index (Phi) is 9.14. The van der Waals surface area contributed by atoms with Crippen LogP contribution in [0.5, 0.6) is 0 Å². The van der Waals surface area contributed by atoms with Crippen LogP contribution >= 0.6 is 0 Å². The molecule has 0 spiro atoms. The Hall–Kier alpha value is -3.53. The molecule has 0 bridgehead atoms. The average Bonchev–Trinajstić information content (AvgIpc) is 3.15. The molecule has 180 valence electrons. The number of nitrogens with zero attached hydrogens (tertiary/aromatic N) is 3. The summed E-state index contributed by atoms with van der Waals surface area (Å²) in [6, 6.07) is 5.96. The Bertz CT molecular complexity index is 1090. The van der Waals surface area contributed by atoms with Gasteiger partial charge in [0.2, 0.25) is 0 Å². The fraction of sp³-hybridized carbons (Fsp3) is 0.258. The summed E-state index contributed by atoms with van der Waals surface area (Å²) < 4.78 is 0. The van der Waals surface area contributed by atoms with Gasteiger partial charge in [0.25, 0.3) is 0 Å². The summed E-state index contributed by atoms with van der Waals surface area (Å²) in [5, 5.41) is 0. The highest BCUT2D eigenvalue weighted by molar-refractivity contribution is 6.71. The lowest BCUT2D eigenvalue weighted by Gasteiger charge is -2.31. The molecule has 1 fully saturated rings. The van der Waals surface area contributed by atoms with E-state index < -0.39 is 0 Å². The maximum Gasteiger partial charge on any atom is 0.421 e. The van der Waals surface area contributed by atoms with Crippen molar-refractivity contribution in [1.29, 1.82) is 0 Å². The average molecular weight is 463 g/mol. The minimum absolute atomic E-state index is 0.211. The monoisotopic (exact) mass is 463 g/mol. The quantitative estimate of drug-likeness (QED) is 0.335. The van der Waals surface area contributed by atoms with Crippen molar-refractivity contribution in [3.05, 3.63) is 134 Å². The number of fused-ring (bicyclic) bond motifs is 1. The molecule has 1 saturated heterocycles. The van der Waals surface area contributed by atoms with Crippen molar-refractivity contribution in [3.63, 3.8) is 0 Å². The van der Waals surface area contributed by atoms with Gasteiger partial charge in [-0.05, 0) is 67.3 Å². The molecule has 1 aromatic heterocycles. The summed E-state index contributed by atoms with van der Waals surface area (Å²) in [5.41, 5.74) is 5.28. The standard InChI is InChI=1S/C31H38BN3/c1-8-14-29-30(15-9-2)35(31-18-12-13-21-33-31)32-27(6)17-11-10-16-24(3)19-20-25(4)22-26(5)23-28(7)34(29)32/h8-18,21,24,26H,1-2,4,6-7,19-20,22-23H2,3,5H3/b16-10-,17-11-,29-14?,30-15+. The molecule has 4 heteroatoms. The molecule has 35 heavy (non-hydrogen) atoms. The first-order chi connectivity index (χ1) is 16.9. The molecule has 1 aromatic rings. The van der Waals surface area contributed by atoms with Crippen molar-refractivity contribution in [3.8, 4) is 0 Å². The van der Waals surface area contributed by atoms with E-state index >= 15 is 0 Å². The summed E-state index contributed by atoms with van der Waals surface area (Å²) in [5.74, 6) is 1.77. The zero-order chi connectivity index (χ0) is 25.4. The fourth-order valence-electron chi connectivity index (χ4n) is 4.81. The highest BCUT2D eigenvalue weighted by Crippen LogP contribution is 2.41. The molecule has 3 rings (SSSR count). The SMILES string of the molecule is C=CC=C1/C(=C\C=C)N(c2ccccn2)B2C(=C)/C=C\C=C/C(C)CCC(=C)CC(C)CC(=C)N21. The van der Waals surface area contributed by atoms with E-state index in [-0.39, 0.29) is 6.98 Å². The van der Waals surface area contributed by atoms with Gasteiger partial charge in [-0.2, -0.15) is 0 Å². The molecule has 0 aliphatic carbocycles. The number of aromatic nitrogens is 1. The smallest absolute Gasteiger partial charge is 0.364 e. The molecule has 0 N–H and O–H groups in total. The maximum absolute atomic E-state index is 4.69. The third-order valence-electron chi connectivity index (χ3n) is 6.43. The van der Waals surface area contributed by atoms with Gasteiger partial charge in [-0.25, -0.2) is 4.98 Å². The zero-order valence-corrected chi connectivity index (χ0v) is 21.4. The van der Waals surface area contributed by atoms with Crippen molar-refractivity contribution >= 4 is 12.8 Å².